The van der Waals surface area contributed by atoms with Crippen LogP contribution in [0.2, 0.25) is 5.02 Å². The van der Waals surface area contributed by atoms with E-state index in [0.717, 1.165) is 5.56 Å². The second-order valence-electron chi connectivity index (χ2n) is 4.41. The molecule has 0 aliphatic heterocycles. The molecule has 1 rings (SSSR count). The fourth-order valence-corrected chi connectivity index (χ4v) is 3.73. The fourth-order valence-electron chi connectivity index (χ4n) is 1.72. The van der Waals surface area contributed by atoms with Gasteiger partial charge in [-0.25, -0.2) is 8.42 Å². The minimum absolute atomic E-state index is 0.182. The van der Waals surface area contributed by atoms with Crippen molar-refractivity contribution < 1.29 is 13.2 Å². The molecule has 0 aliphatic rings. The van der Waals surface area contributed by atoms with Gasteiger partial charge in [-0.1, -0.05) is 25.4 Å². The van der Waals surface area contributed by atoms with Gasteiger partial charge in [0.25, 0.3) is 0 Å². The molecule has 0 unspecified atom stereocenters. The van der Waals surface area contributed by atoms with Crippen LogP contribution in [-0.2, 0) is 14.5 Å². The predicted molar refractivity (Wildman–Crippen MR) is 70.7 cm³/mol. The Bertz CT molecular complexity index is 509. The minimum Gasteiger partial charge on any atom is -0.496 e. The van der Waals surface area contributed by atoms with Crippen molar-refractivity contribution in [2.24, 2.45) is 0 Å². The van der Waals surface area contributed by atoms with Gasteiger partial charge >= 0.3 is 0 Å². The third-order valence-corrected chi connectivity index (χ3v) is 4.05. The van der Waals surface area contributed by atoms with Gasteiger partial charge in [-0.15, -0.1) is 0 Å². The zero-order chi connectivity index (χ0) is 13.3. The maximum Gasteiger partial charge on any atom is 0.233 e. The third-order valence-electron chi connectivity index (χ3n) is 2.42. The third kappa shape index (κ3) is 4.05. The van der Waals surface area contributed by atoms with Crippen LogP contribution in [0, 0.1) is 0 Å². The number of ether oxygens (including phenoxy) is 1. The molecule has 1 aromatic carbocycles. The molecule has 0 radical (unpaired) electrons. The van der Waals surface area contributed by atoms with Crippen LogP contribution >= 0.6 is 22.3 Å². The molecule has 0 aliphatic carbocycles. The number of hydrogen-bond acceptors (Lipinski definition) is 3. The van der Waals surface area contributed by atoms with Crippen LogP contribution in [0.1, 0.15) is 19.4 Å². The summed E-state index contributed by atoms with van der Waals surface area (Å²) in [7, 11) is 3.23. The molecule has 0 aromatic heterocycles. The Morgan fingerprint density at radius 1 is 1.35 bits per heavy atom. The number of halogens is 2. The largest absolute Gasteiger partial charge is 0.496 e. The first kappa shape index (κ1) is 14.6. The van der Waals surface area contributed by atoms with E-state index in [9.17, 15) is 8.42 Å². The van der Waals surface area contributed by atoms with Crippen LogP contribution < -0.4 is 4.74 Å². The Kier molecular flexibility index (Phi) is 4.33. The smallest absolute Gasteiger partial charge is 0.233 e. The van der Waals surface area contributed by atoms with Crippen LogP contribution in [-0.4, -0.2) is 21.3 Å². The lowest BCUT2D eigenvalue weighted by Gasteiger charge is -2.25. The molecule has 6 heteroatoms. The Morgan fingerprint density at radius 3 is 2.41 bits per heavy atom. The van der Waals surface area contributed by atoms with Crippen LogP contribution in [0.15, 0.2) is 18.2 Å². The maximum absolute atomic E-state index is 11.2. The van der Waals surface area contributed by atoms with Crippen molar-refractivity contribution in [1.29, 1.82) is 0 Å². The quantitative estimate of drug-likeness (QED) is 0.802. The van der Waals surface area contributed by atoms with Crippen LogP contribution in [0.3, 0.4) is 0 Å². The zero-order valence-corrected chi connectivity index (χ0v) is 12.2. The molecule has 0 spiro atoms. The van der Waals surface area contributed by atoms with E-state index in [2.05, 4.69) is 0 Å². The standard InChI is InChI=1S/C11H14Cl2O3S/c1-11(2,7-17(13,14)15)9-6-8(12)4-5-10(9)16-3/h4-6H,7H2,1-3H3. The van der Waals surface area contributed by atoms with Crippen molar-refractivity contribution >= 4 is 31.3 Å². The molecule has 0 atom stereocenters. The molecule has 0 saturated heterocycles. The summed E-state index contributed by atoms with van der Waals surface area (Å²) in [5.41, 5.74) is 0.0494. The summed E-state index contributed by atoms with van der Waals surface area (Å²) in [4.78, 5) is 0. The van der Waals surface area contributed by atoms with Gasteiger partial charge in [0, 0.05) is 26.7 Å². The van der Waals surface area contributed by atoms with Gasteiger partial charge in [-0.2, -0.15) is 0 Å². The van der Waals surface area contributed by atoms with E-state index < -0.39 is 14.5 Å². The summed E-state index contributed by atoms with van der Waals surface area (Å²) < 4.78 is 27.6. The lowest BCUT2D eigenvalue weighted by Crippen LogP contribution is -2.26. The Hall–Kier alpha value is -0.450. The second kappa shape index (κ2) is 5.04. The summed E-state index contributed by atoms with van der Waals surface area (Å²) in [5, 5.41) is 0.529. The summed E-state index contributed by atoms with van der Waals surface area (Å²) in [5.74, 6) is 0.415. The highest BCUT2D eigenvalue weighted by atomic mass is 35.7. The van der Waals surface area contributed by atoms with Gasteiger partial charge < -0.3 is 4.74 Å². The number of benzene rings is 1. The molecule has 0 fully saturated rings. The molecule has 0 amide bonds. The van der Waals surface area contributed by atoms with E-state index in [4.69, 9.17) is 27.0 Å². The van der Waals surface area contributed by atoms with Gasteiger partial charge in [0.1, 0.15) is 5.75 Å². The van der Waals surface area contributed by atoms with Gasteiger partial charge in [0.05, 0.1) is 12.9 Å². The first-order valence-corrected chi connectivity index (χ1v) is 7.78. The molecular weight excluding hydrogens is 283 g/mol. The van der Waals surface area contributed by atoms with E-state index in [-0.39, 0.29) is 5.75 Å². The molecule has 96 valence electrons. The van der Waals surface area contributed by atoms with Crippen LogP contribution in [0.25, 0.3) is 0 Å². The van der Waals surface area contributed by atoms with Crippen molar-refractivity contribution in [1.82, 2.24) is 0 Å². The van der Waals surface area contributed by atoms with Crippen molar-refractivity contribution in [3.8, 4) is 5.75 Å². The molecule has 0 heterocycles. The molecular formula is C11H14Cl2O3S. The van der Waals surface area contributed by atoms with E-state index in [1.165, 1.54) is 7.11 Å². The van der Waals surface area contributed by atoms with Gasteiger partial charge in [0.2, 0.25) is 9.05 Å². The lowest BCUT2D eigenvalue weighted by atomic mass is 9.86. The van der Waals surface area contributed by atoms with Crippen molar-refractivity contribution in [2.45, 2.75) is 19.3 Å². The molecule has 1 aromatic rings. The number of methoxy groups -OCH3 is 1. The highest BCUT2D eigenvalue weighted by Gasteiger charge is 2.30. The Labute approximate surface area is 111 Å². The first-order chi connectivity index (χ1) is 7.65. The van der Waals surface area contributed by atoms with E-state index >= 15 is 0 Å². The van der Waals surface area contributed by atoms with E-state index in [1.54, 1.807) is 32.0 Å². The minimum atomic E-state index is -3.59. The second-order valence-corrected chi connectivity index (χ2v) is 7.63. The lowest BCUT2D eigenvalue weighted by molar-refractivity contribution is 0.398. The summed E-state index contributed by atoms with van der Waals surface area (Å²) in [6.45, 7) is 3.56. The molecule has 0 saturated carbocycles. The number of rotatable bonds is 4. The van der Waals surface area contributed by atoms with Crippen LogP contribution in [0.4, 0.5) is 0 Å². The maximum atomic E-state index is 11.2. The Balaban J connectivity index is 3.26. The highest BCUT2D eigenvalue weighted by molar-refractivity contribution is 8.13. The van der Waals surface area contributed by atoms with E-state index in [0.29, 0.717) is 10.8 Å². The summed E-state index contributed by atoms with van der Waals surface area (Å²) in [6, 6.07) is 5.10. The number of hydrogen-bond donors (Lipinski definition) is 0. The molecule has 17 heavy (non-hydrogen) atoms. The average molecular weight is 297 g/mol. The van der Waals surface area contributed by atoms with Gasteiger partial charge in [-0.3, -0.25) is 0 Å². The molecule has 0 bridgehead atoms. The van der Waals surface area contributed by atoms with Crippen molar-refractivity contribution in [2.75, 3.05) is 12.9 Å². The van der Waals surface area contributed by atoms with Gasteiger partial charge in [0.15, 0.2) is 0 Å². The molecule has 3 nitrogen and oxygen atoms in total. The summed E-state index contributed by atoms with van der Waals surface area (Å²) in [6.07, 6.45) is 0. The predicted octanol–water partition coefficient (Wildman–Crippen LogP) is 3.19. The van der Waals surface area contributed by atoms with Crippen LogP contribution in [0.5, 0.6) is 5.75 Å². The SMILES string of the molecule is COc1ccc(Cl)cc1C(C)(C)CS(=O)(=O)Cl. The van der Waals surface area contributed by atoms with Gasteiger partial charge in [-0.05, 0) is 18.2 Å². The monoisotopic (exact) mass is 296 g/mol. The van der Waals surface area contributed by atoms with Crippen molar-refractivity contribution in [3.63, 3.8) is 0 Å². The normalized spacial score (nSPS) is 12.5. The highest BCUT2D eigenvalue weighted by Crippen LogP contribution is 2.35. The summed E-state index contributed by atoms with van der Waals surface area (Å²) >= 11 is 5.91. The van der Waals surface area contributed by atoms with Crippen molar-refractivity contribution in [3.05, 3.63) is 28.8 Å². The molecule has 0 N–H and O–H groups in total. The zero-order valence-electron chi connectivity index (χ0n) is 9.83. The first-order valence-electron chi connectivity index (χ1n) is 4.92. The van der Waals surface area contributed by atoms with E-state index in [1.807, 2.05) is 0 Å². The fraction of sp³-hybridized carbons (Fsp3) is 0.455. The average Bonchev–Trinajstić information content (AvgIpc) is 2.14. The topological polar surface area (TPSA) is 43.4 Å². The Morgan fingerprint density at radius 2 is 1.94 bits per heavy atom.